The molecular formula is C19H21FN2O4S. The van der Waals surface area contributed by atoms with Gasteiger partial charge >= 0.3 is 0 Å². The Labute approximate surface area is 157 Å². The molecule has 27 heavy (non-hydrogen) atoms. The molecule has 2 heterocycles. The van der Waals surface area contributed by atoms with Crippen LogP contribution >= 0.6 is 0 Å². The Morgan fingerprint density at radius 2 is 2.11 bits per heavy atom. The first-order valence-electron chi connectivity index (χ1n) is 8.99. The predicted octanol–water partition coefficient (Wildman–Crippen LogP) is 2.82. The van der Waals surface area contributed by atoms with Gasteiger partial charge in [-0.15, -0.1) is 0 Å². The molecule has 6 nitrogen and oxygen atoms in total. The SMILES string of the molecule is O=S(=O)(N[C@H]1CCO[C@@H]1c1cccnc1)c1cc(F)ccc1OCC1CC1. The van der Waals surface area contributed by atoms with Gasteiger partial charge in [-0.25, -0.2) is 17.5 Å². The molecule has 0 spiro atoms. The van der Waals surface area contributed by atoms with Gasteiger partial charge in [-0.1, -0.05) is 6.07 Å². The zero-order valence-corrected chi connectivity index (χ0v) is 15.5. The van der Waals surface area contributed by atoms with Crippen LogP contribution in [-0.2, 0) is 14.8 Å². The van der Waals surface area contributed by atoms with Crippen LogP contribution in [0.3, 0.4) is 0 Å². The number of pyridine rings is 1. The Bertz CT molecular complexity index is 903. The van der Waals surface area contributed by atoms with Crippen molar-refractivity contribution in [2.75, 3.05) is 13.2 Å². The summed E-state index contributed by atoms with van der Waals surface area (Å²) < 4.78 is 53.7. The highest BCUT2D eigenvalue weighted by Crippen LogP contribution is 2.33. The first-order valence-corrected chi connectivity index (χ1v) is 10.5. The molecule has 0 bridgehead atoms. The van der Waals surface area contributed by atoms with Crippen molar-refractivity contribution >= 4 is 10.0 Å². The van der Waals surface area contributed by atoms with E-state index in [0.29, 0.717) is 25.6 Å². The molecule has 2 aliphatic rings. The van der Waals surface area contributed by atoms with Crippen LogP contribution in [0.5, 0.6) is 5.75 Å². The summed E-state index contributed by atoms with van der Waals surface area (Å²) in [4.78, 5) is 3.88. The Kier molecular flexibility index (Phi) is 5.12. The van der Waals surface area contributed by atoms with Gasteiger partial charge in [-0.3, -0.25) is 4.98 Å². The summed E-state index contributed by atoms with van der Waals surface area (Å²) in [6.45, 7) is 0.875. The molecule has 1 aromatic heterocycles. The minimum Gasteiger partial charge on any atom is -0.492 e. The average Bonchev–Trinajstić information content (AvgIpc) is 3.38. The van der Waals surface area contributed by atoms with Crippen LogP contribution < -0.4 is 9.46 Å². The molecule has 144 valence electrons. The molecule has 0 radical (unpaired) electrons. The van der Waals surface area contributed by atoms with Gasteiger partial charge in [0.2, 0.25) is 10.0 Å². The van der Waals surface area contributed by atoms with Crippen LogP contribution in [0.25, 0.3) is 0 Å². The number of sulfonamides is 1. The summed E-state index contributed by atoms with van der Waals surface area (Å²) in [5.74, 6) is 0.00466. The topological polar surface area (TPSA) is 77.5 Å². The molecule has 1 aliphatic heterocycles. The monoisotopic (exact) mass is 392 g/mol. The Balaban J connectivity index is 1.56. The number of ether oxygens (including phenoxy) is 2. The summed E-state index contributed by atoms with van der Waals surface area (Å²) in [7, 11) is -3.98. The molecule has 1 saturated carbocycles. The lowest BCUT2D eigenvalue weighted by molar-refractivity contribution is 0.102. The predicted molar refractivity (Wildman–Crippen MR) is 96.3 cm³/mol. The van der Waals surface area contributed by atoms with Crippen LogP contribution in [0.15, 0.2) is 47.6 Å². The van der Waals surface area contributed by atoms with E-state index in [2.05, 4.69) is 9.71 Å². The number of nitrogens with one attached hydrogen (secondary N) is 1. The molecule has 4 rings (SSSR count). The van der Waals surface area contributed by atoms with E-state index >= 15 is 0 Å². The third-order valence-corrected chi connectivity index (χ3v) is 6.29. The van der Waals surface area contributed by atoms with E-state index in [0.717, 1.165) is 24.5 Å². The minimum absolute atomic E-state index is 0.174. The van der Waals surface area contributed by atoms with Gasteiger partial charge in [0, 0.05) is 24.6 Å². The van der Waals surface area contributed by atoms with Crippen LogP contribution in [0.2, 0.25) is 0 Å². The molecule has 1 aliphatic carbocycles. The second-order valence-corrected chi connectivity index (χ2v) is 8.62. The van der Waals surface area contributed by atoms with Crippen molar-refractivity contribution < 1.29 is 22.3 Å². The number of rotatable bonds is 7. The zero-order chi connectivity index (χ0) is 18.9. The summed E-state index contributed by atoms with van der Waals surface area (Å²) in [5.41, 5.74) is 0.798. The second-order valence-electron chi connectivity index (χ2n) is 6.94. The molecule has 1 saturated heterocycles. The van der Waals surface area contributed by atoms with Crippen molar-refractivity contribution in [3.05, 3.63) is 54.1 Å². The molecular weight excluding hydrogens is 371 g/mol. The summed E-state index contributed by atoms with van der Waals surface area (Å²) in [6.07, 6.45) is 5.54. The van der Waals surface area contributed by atoms with Crippen LogP contribution in [0.4, 0.5) is 4.39 Å². The van der Waals surface area contributed by atoms with Crippen molar-refractivity contribution in [1.29, 1.82) is 0 Å². The quantitative estimate of drug-likeness (QED) is 0.784. The lowest BCUT2D eigenvalue weighted by atomic mass is 10.1. The lowest BCUT2D eigenvalue weighted by Gasteiger charge is -2.21. The molecule has 1 aromatic carbocycles. The zero-order valence-electron chi connectivity index (χ0n) is 14.7. The third-order valence-electron chi connectivity index (χ3n) is 4.78. The van der Waals surface area contributed by atoms with E-state index in [1.54, 1.807) is 18.5 Å². The molecule has 1 N–H and O–H groups in total. The molecule has 0 amide bonds. The highest BCUT2D eigenvalue weighted by atomic mass is 32.2. The molecule has 2 atom stereocenters. The summed E-state index contributed by atoms with van der Waals surface area (Å²) in [6, 6.07) is 6.74. The highest BCUT2D eigenvalue weighted by molar-refractivity contribution is 7.89. The van der Waals surface area contributed by atoms with Gasteiger partial charge in [-0.2, -0.15) is 0 Å². The number of benzene rings is 1. The van der Waals surface area contributed by atoms with Gasteiger partial charge in [0.15, 0.2) is 0 Å². The van der Waals surface area contributed by atoms with E-state index in [1.165, 1.54) is 12.1 Å². The molecule has 8 heteroatoms. The normalized spacial score (nSPS) is 22.7. The van der Waals surface area contributed by atoms with E-state index in [4.69, 9.17) is 9.47 Å². The van der Waals surface area contributed by atoms with E-state index in [-0.39, 0.29) is 10.6 Å². The number of aromatic nitrogens is 1. The Hall–Kier alpha value is -2.03. The van der Waals surface area contributed by atoms with Gasteiger partial charge in [0.25, 0.3) is 0 Å². The fraction of sp³-hybridized carbons (Fsp3) is 0.421. The maximum absolute atomic E-state index is 13.8. The maximum atomic E-state index is 13.8. The first-order chi connectivity index (χ1) is 13.0. The highest BCUT2D eigenvalue weighted by Gasteiger charge is 2.35. The van der Waals surface area contributed by atoms with Crippen molar-refractivity contribution in [3.8, 4) is 5.75 Å². The number of nitrogens with zero attached hydrogens (tertiary/aromatic N) is 1. The number of hydrogen-bond donors (Lipinski definition) is 1. The standard InChI is InChI=1S/C19H21FN2O4S/c20-15-5-6-17(26-12-13-3-4-13)18(10-15)27(23,24)22-16-7-9-25-19(16)14-2-1-8-21-11-14/h1-2,5-6,8,10-11,13,16,19,22H,3-4,7,9,12H2/t16-,19+/m0/s1. The van der Waals surface area contributed by atoms with E-state index in [9.17, 15) is 12.8 Å². The van der Waals surface area contributed by atoms with Crippen molar-refractivity contribution in [1.82, 2.24) is 9.71 Å². The summed E-state index contributed by atoms with van der Waals surface area (Å²) >= 11 is 0. The maximum Gasteiger partial charge on any atom is 0.244 e. The number of hydrogen-bond acceptors (Lipinski definition) is 5. The average molecular weight is 392 g/mol. The van der Waals surface area contributed by atoms with Crippen LogP contribution in [-0.4, -0.2) is 32.7 Å². The van der Waals surface area contributed by atoms with Gasteiger partial charge in [0.05, 0.1) is 12.6 Å². The lowest BCUT2D eigenvalue weighted by Crippen LogP contribution is -2.37. The number of halogens is 1. The van der Waals surface area contributed by atoms with Crippen molar-refractivity contribution in [2.45, 2.75) is 36.3 Å². The van der Waals surface area contributed by atoms with Crippen molar-refractivity contribution in [3.63, 3.8) is 0 Å². The fourth-order valence-electron chi connectivity index (χ4n) is 3.15. The van der Waals surface area contributed by atoms with Crippen LogP contribution in [0, 0.1) is 11.7 Å². The van der Waals surface area contributed by atoms with Gasteiger partial charge < -0.3 is 9.47 Å². The third kappa shape index (κ3) is 4.28. The first kappa shape index (κ1) is 18.3. The second kappa shape index (κ2) is 7.53. The van der Waals surface area contributed by atoms with Crippen LogP contribution in [0.1, 0.15) is 30.9 Å². The van der Waals surface area contributed by atoms with E-state index in [1.807, 2.05) is 6.07 Å². The van der Waals surface area contributed by atoms with Crippen molar-refractivity contribution in [2.24, 2.45) is 5.92 Å². The fourth-order valence-corrected chi connectivity index (χ4v) is 4.58. The molecule has 2 fully saturated rings. The largest absolute Gasteiger partial charge is 0.492 e. The smallest absolute Gasteiger partial charge is 0.244 e. The summed E-state index contributed by atoms with van der Waals surface area (Å²) in [5, 5.41) is 0. The van der Waals surface area contributed by atoms with E-state index < -0.39 is 28.0 Å². The molecule has 0 unspecified atom stereocenters. The molecule has 2 aromatic rings. The van der Waals surface area contributed by atoms with Gasteiger partial charge in [0.1, 0.15) is 22.6 Å². The van der Waals surface area contributed by atoms with Gasteiger partial charge in [-0.05, 0) is 49.4 Å². The Morgan fingerprint density at radius 1 is 1.26 bits per heavy atom. The minimum atomic E-state index is -3.98. The Morgan fingerprint density at radius 3 is 2.85 bits per heavy atom.